The first-order valence-corrected chi connectivity index (χ1v) is 8.20. The highest BCUT2D eigenvalue weighted by Crippen LogP contribution is 2.41. The van der Waals surface area contributed by atoms with Gasteiger partial charge in [-0.15, -0.1) is 0 Å². The van der Waals surface area contributed by atoms with Gasteiger partial charge in [0.05, 0.1) is 12.2 Å². The maximum absolute atomic E-state index is 13.5. The van der Waals surface area contributed by atoms with E-state index < -0.39 is 6.17 Å². The molecule has 0 N–H and O–H groups in total. The monoisotopic (exact) mass is 335 g/mol. The van der Waals surface area contributed by atoms with Crippen molar-refractivity contribution in [2.75, 3.05) is 18.0 Å². The van der Waals surface area contributed by atoms with Crippen molar-refractivity contribution in [1.82, 2.24) is 9.97 Å². The molecule has 1 aromatic heterocycles. The normalized spacial score (nSPS) is 23.3. The third-order valence-corrected chi connectivity index (χ3v) is 4.87. The van der Waals surface area contributed by atoms with Gasteiger partial charge < -0.3 is 4.90 Å². The van der Waals surface area contributed by atoms with Crippen molar-refractivity contribution in [2.24, 2.45) is 0 Å². The van der Waals surface area contributed by atoms with Crippen LogP contribution in [0.1, 0.15) is 35.6 Å². The van der Waals surface area contributed by atoms with Gasteiger partial charge in [0.15, 0.2) is 0 Å². The quantitative estimate of drug-likeness (QED) is 0.779. The highest BCUT2D eigenvalue weighted by Gasteiger charge is 2.33. The highest BCUT2D eigenvalue weighted by atomic mass is 35.5. The van der Waals surface area contributed by atoms with Crippen molar-refractivity contribution >= 4 is 17.4 Å². The van der Waals surface area contributed by atoms with Gasteiger partial charge in [0.1, 0.15) is 17.8 Å². The van der Waals surface area contributed by atoms with Crippen LogP contribution in [0.4, 0.5) is 14.6 Å². The van der Waals surface area contributed by atoms with E-state index in [9.17, 15) is 8.78 Å². The molecule has 3 nitrogen and oxygen atoms in total. The van der Waals surface area contributed by atoms with Gasteiger partial charge >= 0.3 is 0 Å². The number of alkyl halides is 1. The van der Waals surface area contributed by atoms with E-state index >= 15 is 0 Å². The Labute approximate surface area is 138 Å². The van der Waals surface area contributed by atoms with Crippen LogP contribution in [0.15, 0.2) is 24.3 Å². The van der Waals surface area contributed by atoms with Crippen LogP contribution in [0.3, 0.4) is 0 Å². The topological polar surface area (TPSA) is 29.0 Å². The summed E-state index contributed by atoms with van der Waals surface area (Å²) in [5.41, 5.74) is 2.97. The summed E-state index contributed by atoms with van der Waals surface area (Å²) in [5.74, 6) is 0.609. The van der Waals surface area contributed by atoms with Gasteiger partial charge in [0.25, 0.3) is 0 Å². The van der Waals surface area contributed by atoms with Gasteiger partial charge in [-0.2, -0.15) is 0 Å². The second-order valence-corrected chi connectivity index (χ2v) is 6.49. The Morgan fingerprint density at radius 2 is 1.91 bits per heavy atom. The van der Waals surface area contributed by atoms with Gasteiger partial charge in [-0.05, 0) is 48.6 Å². The summed E-state index contributed by atoms with van der Waals surface area (Å²) in [4.78, 5) is 10.7. The van der Waals surface area contributed by atoms with E-state index in [4.69, 9.17) is 11.6 Å². The summed E-state index contributed by atoms with van der Waals surface area (Å²) in [6.07, 6.45) is 1.43. The van der Waals surface area contributed by atoms with Crippen LogP contribution >= 0.6 is 11.6 Å². The Morgan fingerprint density at radius 3 is 2.61 bits per heavy atom. The molecule has 1 unspecified atom stereocenters. The average molecular weight is 336 g/mol. The van der Waals surface area contributed by atoms with Crippen LogP contribution in [0, 0.1) is 5.82 Å². The Morgan fingerprint density at radius 1 is 1.13 bits per heavy atom. The lowest BCUT2D eigenvalue weighted by Crippen LogP contribution is -2.23. The molecule has 2 heterocycles. The van der Waals surface area contributed by atoms with Crippen LogP contribution < -0.4 is 4.90 Å². The molecular weight excluding hydrogens is 320 g/mol. The fourth-order valence-corrected chi connectivity index (χ4v) is 3.78. The van der Waals surface area contributed by atoms with Crippen molar-refractivity contribution in [1.29, 1.82) is 0 Å². The highest BCUT2D eigenvalue weighted by molar-refractivity contribution is 6.28. The second kappa shape index (κ2) is 5.71. The van der Waals surface area contributed by atoms with Crippen molar-refractivity contribution in [3.63, 3.8) is 0 Å². The molecule has 23 heavy (non-hydrogen) atoms. The number of benzene rings is 1. The van der Waals surface area contributed by atoms with Crippen molar-refractivity contribution in [2.45, 2.75) is 31.4 Å². The van der Waals surface area contributed by atoms with Crippen molar-refractivity contribution in [3.8, 4) is 0 Å². The zero-order valence-corrected chi connectivity index (χ0v) is 13.2. The molecular formula is C17H16ClF2N3. The van der Waals surface area contributed by atoms with Crippen LogP contribution in [0.5, 0.6) is 0 Å². The molecule has 1 aliphatic carbocycles. The Bertz CT molecular complexity index is 735. The van der Waals surface area contributed by atoms with E-state index in [2.05, 4.69) is 9.97 Å². The molecule has 0 amide bonds. The molecule has 6 heteroatoms. The van der Waals surface area contributed by atoms with E-state index in [0.717, 1.165) is 35.5 Å². The Balaban J connectivity index is 1.74. The lowest BCUT2D eigenvalue weighted by molar-refractivity contribution is 0.364. The van der Waals surface area contributed by atoms with Crippen molar-refractivity contribution in [3.05, 3.63) is 52.2 Å². The average Bonchev–Trinajstić information content (AvgIpc) is 3.14. The van der Waals surface area contributed by atoms with E-state index in [-0.39, 0.29) is 17.0 Å². The molecule has 4 rings (SSSR count). The van der Waals surface area contributed by atoms with Gasteiger partial charge in [0, 0.05) is 18.0 Å². The lowest BCUT2D eigenvalue weighted by atomic mass is 9.97. The first-order chi connectivity index (χ1) is 11.1. The number of rotatable bonds is 2. The molecule has 0 radical (unpaired) electrons. The molecule has 1 saturated heterocycles. The predicted octanol–water partition coefficient (Wildman–Crippen LogP) is 3.90. The third kappa shape index (κ3) is 2.67. The maximum atomic E-state index is 13.5. The fourth-order valence-electron chi connectivity index (χ4n) is 3.61. The fraction of sp³-hybridized carbons (Fsp3) is 0.412. The summed E-state index contributed by atoms with van der Waals surface area (Å²) < 4.78 is 26.7. The van der Waals surface area contributed by atoms with Crippen LogP contribution in [-0.4, -0.2) is 29.2 Å². The number of nitrogens with zero attached hydrogens (tertiary/aromatic N) is 3. The SMILES string of the molecule is Fc1ccc(C2CCc3c2nc(Cl)nc3N2CC[C@@H](F)C2)cc1. The second-order valence-electron chi connectivity index (χ2n) is 6.15. The van der Waals surface area contributed by atoms with Gasteiger partial charge in [-0.25, -0.2) is 18.7 Å². The van der Waals surface area contributed by atoms with Gasteiger partial charge in [-0.1, -0.05) is 12.1 Å². The number of hydrogen-bond acceptors (Lipinski definition) is 3. The van der Waals surface area contributed by atoms with Gasteiger partial charge in [0.2, 0.25) is 5.28 Å². The number of aromatic nitrogens is 2. The molecule has 1 aromatic carbocycles. The predicted molar refractivity (Wildman–Crippen MR) is 85.3 cm³/mol. The number of hydrogen-bond donors (Lipinski definition) is 0. The van der Waals surface area contributed by atoms with Crippen LogP contribution in [0.25, 0.3) is 0 Å². The zero-order chi connectivity index (χ0) is 16.0. The summed E-state index contributed by atoms with van der Waals surface area (Å²) in [5, 5.41) is 0.190. The number of halogens is 3. The van der Waals surface area contributed by atoms with E-state index in [1.54, 1.807) is 12.1 Å². The Hall–Kier alpha value is -1.75. The minimum atomic E-state index is -0.811. The lowest BCUT2D eigenvalue weighted by Gasteiger charge is -2.20. The summed E-state index contributed by atoms with van der Waals surface area (Å²) in [6, 6.07) is 6.51. The minimum Gasteiger partial charge on any atom is -0.353 e. The zero-order valence-electron chi connectivity index (χ0n) is 12.5. The molecule has 2 atom stereocenters. The van der Waals surface area contributed by atoms with Crippen molar-refractivity contribution < 1.29 is 8.78 Å². The molecule has 0 saturated carbocycles. The summed E-state index contributed by atoms with van der Waals surface area (Å²) >= 11 is 6.12. The first-order valence-electron chi connectivity index (χ1n) is 7.82. The third-order valence-electron chi connectivity index (χ3n) is 4.71. The summed E-state index contributed by atoms with van der Waals surface area (Å²) in [6.45, 7) is 1.02. The molecule has 120 valence electrons. The minimum absolute atomic E-state index is 0.0913. The maximum Gasteiger partial charge on any atom is 0.224 e. The number of fused-ring (bicyclic) bond motifs is 1. The molecule has 1 aliphatic heterocycles. The van der Waals surface area contributed by atoms with E-state index in [1.165, 1.54) is 12.1 Å². The number of anilines is 1. The molecule has 2 aromatic rings. The van der Waals surface area contributed by atoms with E-state index in [1.807, 2.05) is 4.90 Å². The van der Waals surface area contributed by atoms with Crippen LogP contribution in [-0.2, 0) is 6.42 Å². The molecule has 2 aliphatic rings. The Kier molecular flexibility index (Phi) is 3.68. The van der Waals surface area contributed by atoms with Crippen LogP contribution in [0.2, 0.25) is 5.28 Å². The van der Waals surface area contributed by atoms with E-state index in [0.29, 0.717) is 19.5 Å². The molecule has 0 bridgehead atoms. The largest absolute Gasteiger partial charge is 0.353 e. The molecule has 0 spiro atoms. The van der Waals surface area contributed by atoms with Gasteiger partial charge in [-0.3, -0.25) is 0 Å². The first kappa shape index (κ1) is 14.8. The molecule has 1 fully saturated rings. The smallest absolute Gasteiger partial charge is 0.224 e. The summed E-state index contributed by atoms with van der Waals surface area (Å²) in [7, 11) is 0. The standard InChI is InChI=1S/C17H16ClF2N3/c18-17-21-15-13(10-1-3-11(19)4-2-10)5-6-14(15)16(22-17)23-8-7-12(20)9-23/h1-4,12-13H,5-9H2/t12-,13?/m1/s1.